The smallest absolute Gasteiger partial charge is 0.319 e. The van der Waals surface area contributed by atoms with Crippen LogP contribution in [0, 0.1) is 5.41 Å². The first-order valence-corrected chi connectivity index (χ1v) is 5.45. The van der Waals surface area contributed by atoms with Crippen LogP contribution in [0.15, 0.2) is 24.4 Å². The first-order valence-electron chi connectivity index (χ1n) is 5.45. The average molecular weight is 234 g/mol. The lowest BCUT2D eigenvalue weighted by atomic mass is 10.1. The van der Waals surface area contributed by atoms with Gasteiger partial charge in [-0.3, -0.25) is 14.6 Å². The molecular formula is C12H14N2O3. The van der Waals surface area contributed by atoms with E-state index in [1.807, 2.05) is 12.1 Å². The zero-order valence-electron chi connectivity index (χ0n) is 9.59. The van der Waals surface area contributed by atoms with Gasteiger partial charge in [0.05, 0.1) is 12.2 Å². The number of hydrogen-bond donors (Lipinski definition) is 1. The summed E-state index contributed by atoms with van der Waals surface area (Å²) >= 11 is 0. The van der Waals surface area contributed by atoms with E-state index in [1.165, 1.54) is 4.90 Å². The Kier molecular flexibility index (Phi) is 2.83. The molecule has 1 N–H and O–H groups in total. The molecule has 1 saturated carbocycles. The minimum atomic E-state index is -1.16. The van der Waals surface area contributed by atoms with Crippen LogP contribution in [0.5, 0.6) is 0 Å². The van der Waals surface area contributed by atoms with Crippen LogP contribution in [0.25, 0.3) is 0 Å². The highest BCUT2D eigenvalue weighted by atomic mass is 16.4. The molecule has 1 aromatic heterocycles. The van der Waals surface area contributed by atoms with Crippen molar-refractivity contribution in [3.8, 4) is 0 Å². The number of rotatable bonds is 4. The molecule has 1 amide bonds. The number of aromatic nitrogens is 1. The minimum Gasteiger partial charge on any atom is -0.480 e. The molecule has 1 aromatic rings. The zero-order valence-corrected chi connectivity index (χ0v) is 9.59. The van der Waals surface area contributed by atoms with Crippen LogP contribution < -0.4 is 0 Å². The second-order valence-electron chi connectivity index (χ2n) is 4.37. The van der Waals surface area contributed by atoms with E-state index in [9.17, 15) is 9.59 Å². The third-order valence-corrected chi connectivity index (χ3v) is 3.04. The summed E-state index contributed by atoms with van der Waals surface area (Å²) in [6, 6.07) is 5.44. The fourth-order valence-corrected chi connectivity index (χ4v) is 1.82. The van der Waals surface area contributed by atoms with E-state index in [1.54, 1.807) is 19.3 Å². The molecule has 0 spiro atoms. The molecular weight excluding hydrogens is 220 g/mol. The maximum Gasteiger partial charge on any atom is 0.319 e. The van der Waals surface area contributed by atoms with Gasteiger partial charge in [-0.1, -0.05) is 6.07 Å². The van der Waals surface area contributed by atoms with E-state index in [2.05, 4.69) is 4.98 Å². The van der Waals surface area contributed by atoms with Crippen molar-refractivity contribution in [2.45, 2.75) is 19.4 Å². The summed E-state index contributed by atoms with van der Waals surface area (Å²) in [5.41, 5.74) is -0.409. The third kappa shape index (κ3) is 2.13. The molecule has 17 heavy (non-hydrogen) atoms. The lowest BCUT2D eigenvalue weighted by molar-refractivity contribution is -0.153. The zero-order chi connectivity index (χ0) is 12.5. The molecule has 1 heterocycles. The average Bonchev–Trinajstić information content (AvgIpc) is 3.10. The van der Waals surface area contributed by atoms with Crippen molar-refractivity contribution in [1.82, 2.24) is 9.88 Å². The molecule has 0 radical (unpaired) electrons. The molecule has 5 heteroatoms. The van der Waals surface area contributed by atoms with Crippen LogP contribution in [0.3, 0.4) is 0 Å². The van der Waals surface area contributed by atoms with E-state index in [4.69, 9.17) is 5.11 Å². The summed E-state index contributed by atoms with van der Waals surface area (Å²) in [6.07, 6.45) is 2.53. The summed E-state index contributed by atoms with van der Waals surface area (Å²) in [5, 5.41) is 9.03. The van der Waals surface area contributed by atoms with Crippen molar-refractivity contribution in [3.63, 3.8) is 0 Å². The Labute approximate surface area is 99.1 Å². The summed E-state index contributed by atoms with van der Waals surface area (Å²) in [7, 11) is 1.61. The Morgan fingerprint density at radius 3 is 2.65 bits per heavy atom. The predicted octanol–water partition coefficient (Wildman–Crippen LogP) is 0.905. The standard InChI is InChI=1S/C12H14N2O3/c1-14(8-9-4-2-3-7-13-9)10(15)12(5-6-12)11(16)17/h2-4,7H,5-6,8H2,1H3,(H,16,17). The van der Waals surface area contributed by atoms with E-state index in [-0.39, 0.29) is 5.91 Å². The van der Waals surface area contributed by atoms with Crippen LogP contribution in [0.4, 0.5) is 0 Å². The van der Waals surface area contributed by atoms with E-state index >= 15 is 0 Å². The third-order valence-electron chi connectivity index (χ3n) is 3.04. The van der Waals surface area contributed by atoms with Gasteiger partial charge < -0.3 is 10.0 Å². The van der Waals surface area contributed by atoms with Gasteiger partial charge in [0.15, 0.2) is 0 Å². The molecule has 0 aliphatic heterocycles. The molecule has 1 aliphatic carbocycles. The second-order valence-corrected chi connectivity index (χ2v) is 4.37. The van der Waals surface area contributed by atoms with Crippen molar-refractivity contribution >= 4 is 11.9 Å². The molecule has 0 aromatic carbocycles. The van der Waals surface area contributed by atoms with Gasteiger partial charge in [0.25, 0.3) is 0 Å². The molecule has 0 saturated heterocycles. The van der Waals surface area contributed by atoms with Crippen molar-refractivity contribution in [3.05, 3.63) is 30.1 Å². The normalized spacial score (nSPS) is 16.3. The Morgan fingerprint density at radius 2 is 2.18 bits per heavy atom. The monoisotopic (exact) mass is 234 g/mol. The fourth-order valence-electron chi connectivity index (χ4n) is 1.82. The second kappa shape index (κ2) is 4.16. The lowest BCUT2D eigenvalue weighted by Gasteiger charge is -2.20. The fraction of sp³-hybridized carbons (Fsp3) is 0.417. The van der Waals surface area contributed by atoms with Gasteiger partial charge in [0.2, 0.25) is 5.91 Å². The number of aliphatic carboxylic acids is 1. The highest BCUT2D eigenvalue weighted by Gasteiger charge is 2.58. The molecule has 90 valence electrons. The number of carboxylic acid groups (broad SMARTS) is 1. The van der Waals surface area contributed by atoms with Gasteiger partial charge in [0.1, 0.15) is 5.41 Å². The molecule has 2 rings (SSSR count). The molecule has 1 aliphatic rings. The summed E-state index contributed by atoms with van der Waals surface area (Å²) in [6.45, 7) is 0.342. The van der Waals surface area contributed by atoms with Crippen LogP contribution in [-0.2, 0) is 16.1 Å². The van der Waals surface area contributed by atoms with Gasteiger partial charge in [-0.2, -0.15) is 0 Å². The molecule has 0 unspecified atom stereocenters. The van der Waals surface area contributed by atoms with Gasteiger partial charge >= 0.3 is 5.97 Å². The van der Waals surface area contributed by atoms with Gasteiger partial charge in [-0.15, -0.1) is 0 Å². The number of hydrogen-bond acceptors (Lipinski definition) is 3. The predicted molar refractivity (Wildman–Crippen MR) is 60.0 cm³/mol. The van der Waals surface area contributed by atoms with Crippen LogP contribution in [0.1, 0.15) is 18.5 Å². The van der Waals surface area contributed by atoms with Crippen molar-refractivity contribution in [2.75, 3.05) is 7.05 Å². The quantitative estimate of drug-likeness (QED) is 0.786. The topological polar surface area (TPSA) is 70.5 Å². The SMILES string of the molecule is CN(Cc1ccccn1)C(=O)C1(C(=O)O)CC1. The number of nitrogens with zero attached hydrogens (tertiary/aromatic N) is 2. The highest BCUT2D eigenvalue weighted by Crippen LogP contribution is 2.47. The summed E-state index contributed by atoms with van der Waals surface area (Å²) in [4.78, 5) is 28.6. The summed E-state index contributed by atoms with van der Waals surface area (Å²) in [5.74, 6) is -1.34. The van der Waals surface area contributed by atoms with E-state index in [0.29, 0.717) is 19.4 Å². The molecule has 1 fully saturated rings. The Bertz CT molecular complexity index is 440. The lowest BCUT2D eigenvalue weighted by Crippen LogP contribution is -2.38. The Morgan fingerprint density at radius 1 is 1.47 bits per heavy atom. The Hall–Kier alpha value is -1.91. The largest absolute Gasteiger partial charge is 0.480 e. The number of pyridine rings is 1. The minimum absolute atomic E-state index is 0.323. The number of carboxylic acids is 1. The maximum atomic E-state index is 12.0. The van der Waals surface area contributed by atoms with Crippen molar-refractivity contribution in [1.29, 1.82) is 0 Å². The number of carbonyl (C=O) groups is 2. The number of amides is 1. The van der Waals surface area contributed by atoms with Gasteiger partial charge in [0, 0.05) is 13.2 Å². The molecule has 0 bridgehead atoms. The molecule has 0 atom stereocenters. The van der Waals surface area contributed by atoms with Crippen LogP contribution in [0.2, 0.25) is 0 Å². The van der Waals surface area contributed by atoms with Crippen molar-refractivity contribution < 1.29 is 14.7 Å². The first kappa shape index (κ1) is 11.6. The highest BCUT2D eigenvalue weighted by molar-refractivity contribution is 6.04. The van der Waals surface area contributed by atoms with Crippen molar-refractivity contribution in [2.24, 2.45) is 5.41 Å². The number of carbonyl (C=O) groups excluding carboxylic acids is 1. The molecule has 5 nitrogen and oxygen atoms in total. The van der Waals surface area contributed by atoms with E-state index < -0.39 is 11.4 Å². The Balaban J connectivity index is 2.04. The summed E-state index contributed by atoms with van der Waals surface area (Å²) < 4.78 is 0. The van der Waals surface area contributed by atoms with E-state index in [0.717, 1.165) is 5.69 Å². The first-order chi connectivity index (χ1) is 8.06. The maximum absolute atomic E-state index is 12.0. The van der Waals surface area contributed by atoms with Gasteiger partial charge in [-0.05, 0) is 25.0 Å². The van der Waals surface area contributed by atoms with Gasteiger partial charge in [-0.25, -0.2) is 0 Å². The van der Waals surface area contributed by atoms with Crippen LogP contribution >= 0.6 is 0 Å². The van der Waals surface area contributed by atoms with Crippen LogP contribution in [-0.4, -0.2) is 33.9 Å².